The minimum atomic E-state index is -0.957. The van der Waals surface area contributed by atoms with Crippen LogP contribution in [-0.4, -0.2) is 30.2 Å². The predicted molar refractivity (Wildman–Crippen MR) is 84.8 cm³/mol. The predicted octanol–water partition coefficient (Wildman–Crippen LogP) is 2.65. The summed E-state index contributed by atoms with van der Waals surface area (Å²) in [7, 11) is 0. The van der Waals surface area contributed by atoms with Crippen LogP contribution in [0.1, 0.15) is 51.3 Å². The van der Waals surface area contributed by atoms with Crippen LogP contribution in [0.3, 0.4) is 0 Å². The highest BCUT2D eigenvalue weighted by Gasteiger charge is 2.19. The molecule has 0 unspecified atom stereocenters. The Morgan fingerprint density at radius 1 is 1.23 bits per heavy atom. The topological polar surface area (TPSA) is 75.6 Å². The van der Waals surface area contributed by atoms with Crippen molar-refractivity contribution >= 4 is 11.9 Å². The lowest BCUT2D eigenvalue weighted by molar-refractivity contribution is -0.138. The van der Waals surface area contributed by atoms with E-state index in [1.54, 1.807) is 6.92 Å². The van der Waals surface area contributed by atoms with Gasteiger partial charge in [-0.3, -0.25) is 9.59 Å². The van der Waals surface area contributed by atoms with E-state index in [-0.39, 0.29) is 24.3 Å². The van der Waals surface area contributed by atoms with Gasteiger partial charge in [-0.25, -0.2) is 0 Å². The van der Waals surface area contributed by atoms with E-state index in [2.05, 4.69) is 26.1 Å². The molecule has 1 rings (SSSR count). The monoisotopic (exact) mass is 307 g/mol. The molecule has 0 fully saturated rings. The first-order chi connectivity index (χ1) is 10.2. The number of ether oxygens (including phenoxy) is 1. The van der Waals surface area contributed by atoms with Crippen molar-refractivity contribution in [2.75, 3.05) is 13.2 Å². The Bertz CT molecular complexity index is 502. The quantitative estimate of drug-likeness (QED) is 0.812. The molecule has 0 bridgehead atoms. The van der Waals surface area contributed by atoms with Crippen molar-refractivity contribution in [2.45, 2.75) is 45.6 Å². The first-order valence-corrected chi connectivity index (χ1v) is 7.43. The molecule has 0 aromatic heterocycles. The van der Waals surface area contributed by atoms with Gasteiger partial charge in [0.2, 0.25) is 5.91 Å². The van der Waals surface area contributed by atoms with Gasteiger partial charge in [0.15, 0.2) is 0 Å². The average molecular weight is 307 g/mol. The number of carbonyl (C=O) groups is 2. The molecule has 0 aliphatic heterocycles. The molecule has 0 aliphatic carbocycles. The van der Waals surface area contributed by atoms with Gasteiger partial charge < -0.3 is 15.2 Å². The van der Waals surface area contributed by atoms with E-state index in [1.165, 1.54) is 0 Å². The van der Waals surface area contributed by atoms with Gasteiger partial charge in [-0.2, -0.15) is 0 Å². The molecule has 0 spiro atoms. The largest absolute Gasteiger partial charge is 0.481 e. The lowest BCUT2D eigenvalue weighted by atomic mass is 9.86. The minimum absolute atomic E-state index is 0.0268. The third kappa shape index (κ3) is 5.85. The summed E-state index contributed by atoms with van der Waals surface area (Å²) in [6.45, 7) is 8.51. The smallest absolute Gasteiger partial charge is 0.305 e. The average Bonchev–Trinajstić information content (AvgIpc) is 2.43. The molecule has 0 heterocycles. The van der Waals surface area contributed by atoms with Crippen LogP contribution in [-0.2, 0) is 19.7 Å². The summed E-state index contributed by atoms with van der Waals surface area (Å²) in [5.74, 6) is -1.27. The number of nitrogens with one attached hydrogen (secondary N) is 1. The van der Waals surface area contributed by atoms with Crippen molar-refractivity contribution in [3.8, 4) is 0 Å². The Morgan fingerprint density at radius 3 is 2.27 bits per heavy atom. The van der Waals surface area contributed by atoms with Gasteiger partial charge in [0.1, 0.15) is 6.61 Å². The van der Waals surface area contributed by atoms with Crippen LogP contribution in [0.2, 0.25) is 0 Å². The van der Waals surface area contributed by atoms with Crippen molar-refractivity contribution in [2.24, 2.45) is 0 Å². The number of carboxylic acids is 1. The zero-order valence-electron chi connectivity index (χ0n) is 13.7. The SMILES string of the molecule is CCOCC(=O)N[C@@H](CC(=O)O)c1ccc(C(C)(C)C)cc1. The van der Waals surface area contributed by atoms with Crippen molar-refractivity contribution in [3.05, 3.63) is 35.4 Å². The molecule has 1 atom stereocenters. The Labute approximate surface area is 131 Å². The minimum Gasteiger partial charge on any atom is -0.481 e. The Morgan fingerprint density at radius 2 is 1.82 bits per heavy atom. The van der Waals surface area contributed by atoms with Gasteiger partial charge in [-0.15, -0.1) is 0 Å². The second-order valence-corrected chi connectivity index (χ2v) is 6.23. The van der Waals surface area contributed by atoms with Crippen LogP contribution in [0.15, 0.2) is 24.3 Å². The van der Waals surface area contributed by atoms with E-state index in [9.17, 15) is 9.59 Å². The maximum absolute atomic E-state index is 11.8. The molecule has 1 aromatic carbocycles. The fourth-order valence-electron chi connectivity index (χ4n) is 2.07. The summed E-state index contributed by atoms with van der Waals surface area (Å²) in [5, 5.41) is 11.7. The Kier molecular flexibility index (Phi) is 6.56. The highest BCUT2D eigenvalue weighted by atomic mass is 16.5. The molecule has 1 amide bonds. The van der Waals surface area contributed by atoms with Gasteiger partial charge in [0.25, 0.3) is 0 Å². The number of amides is 1. The molecule has 0 radical (unpaired) electrons. The molecule has 5 heteroatoms. The number of benzene rings is 1. The van der Waals surface area contributed by atoms with Crippen molar-refractivity contribution in [1.82, 2.24) is 5.32 Å². The molecule has 1 aromatic rings. The van der Waals surface area contributed by atoms with E-state index < -0.39 is 12.0 Å². The zero-order chi connectivity index (χ0) is 16.8. The van der Waals surface area contributed by atoms with Crippen molar-refractivity contribution in [3.63, 3.8) is 0 Å². The summed E-state index contributed by atoms with van der Waals surface area (Å²) in [6, 6.07) is 7.13. The lowest BCUT2D eigenvalue weighted by Gasteiger charge is -2.21. The number of hydrogen-bond donors (Lipinski definition) is 2. The molecule has 0 aliphatic rings. The zero-order valence-corrected chi connectivity index (χ0v) is 13.7. The molecular weight excluding hydrogens is 282 g/mol. The lowest BCUT2D eigenvalue weighted by Crippen LogP contribution is -2.33. The molecule has 5 nitrogen and oxygen atoms in total. The van der Waals surface area contributed by atoms with E-state index in [1.807, 2.05) is 24.3 Å². The molecular formula is C17H25NO4. The third-order valence-corrected chi connectivity index (χ3v) is 3.33. The fraction of sp³-hybridized carbons (Fsp3) is 0.529. The van der Waals surface area contributed by atoms with Crippen LogP contribution >= 0.6 is 0 Å². The van der Waals surface area contributed by atoms with Crippen LogP contribution in [0.4, 0.5) is 0 Å². The molecule has 2 N–H and O–H groups in total. The van der Waals surface area contributed by atoms with Crippen LogP contribution < -0.4 is 5.32 Å². The number of rotatable bonds is 7. The summed E-state index contributed by atoms with van der Waals surface area (Å²) in [5.41, 5.74) is 1.96. The fourth-order valence-corrected chi connectivity index (χ4v) is 2.07. The molecule has 0 saturated carbocycles. The van der Waals surface area contributed by atoms with Crippen molar-refractivity contribution in [1.29, 1.82) is 0 Å². The van der Waals surface area contributed by atoms with Gasteiger partial charge in [-0.05, 0) is 23.5 Å². The van der Waals surface area contributed by atoms with Gasteiger partial charge >= 0.3 is 5.97 Å². The number of carbonyl (C=O) groups excluding carboxylic acids is 1. The highest BCUT2D eigenvalue weighted by Crippen LogP contribution is 2.25. The van der Waals surface area contributed by atoms with E-state index in [0.29, 0.717) is 6.61 Å². The summed E-state index contributed by atoms with van der Waals surface area (Å²) in [4.78, 5) is 22.8. The number of carboxylic acid groups (broad SMARTS) is 1. The van der Waals surface area contributed by atoms with Crippen molar-refractivity contribution < 1.29 is 19.4 Å². The first-order valence-electron chi connectivity index (χ1n) is 7.43. The van der Waals surface area contributed by atoms with E-state index >= 15 is 0 Å². The first kappa shape index (κ1) is 18.2. The third-order valence-electron chi connectivity index (χ3n) is 3.33. The second kappa shape index (κ2) is 7.94. The normalized spacial score (nSPS) is 12.7. The van der Waals surface area contributed by atoms with E-state index in [4.69, 9.17) is 9.84 Å². The van der Waals surface area contributed by atoms with Gasteiger partial charge in [-0.1, -0.05) is 45.0 Å². The number of aliphatic carboxylic acids is 1. The molecule has 0 saturated heterocycles. The summed E-state index contributed by atoms with van der Waals surface area (Å²) < 4.78 is 5.04. The molecule has 22 heavy (non-hydrogen) atoms. The van der Waals surface area contributed by atoms with Crippen LogP contribution in [0.5, 0.6) is 0 Å². The van der Waals surface area contributed by atoms with Gasteiger partial charge in [0.05, 0.1) is 12.5 Å². The van der Waals surface area contributed by atoms with E-state index in [0.717, 1.165) is 11.1 Å². The summed E-state index contributed by atoms with van der Waals surface area (Å²) >= 11 is 0. The van der Waals surface area contributed by atoms with Gasteiger partial charge in [0, 0.05) is 6.61 Å². The second-order valence-electron chi connectivity index (χ2n) is 6.23. The van der Waals surface area contributed by atoms with Crippen LogP contribution in [0.25, 0.3) is 0 Å². The van der Waals surface area contributed by atoms with Crippen LogP contribution in [0, 0.1) is 0 Å². The summed E-state index contributed by atoms with van der Waals surface area (Å²) in [6.07, 6.45) is -0.160. The maximum Gasteiger partial charge on any atom is 0.305 e. The highest BCUT2D eigenvalue weighted by molar-refractivity contribution is 5.78. The maximum atomic E-state index is 11.8. The molecule has 122 valence electrons. The number of hydrogen-bond acceptors (Lipinski definition) is 3. The Balaban J connectivity index is 2.87. The standard InChI is InChI=1S/C17H25NO4/c1-5-22-11-15(19)18-14(10-16(20)21)12-6-8-13(9-7-12)17(2,3)4/h6-9,14H,5,10-11H2,1-4H3,(H,18,19)(H,20,21)/t14-/m0/s1. The Hall–Kier alpha value is -1.88.